The number of thiazole rings is 1. The first-order valence-corrected chi connectivity index (χ1v) is 5.44. The summed E-state index contributed by atoms with van der Waals surface area (Å²) in [5.74, 6) is 0. The maximum atomic E-state index is 5.59. The summed E-state index contributed by atoms with van der Waals surface area (Å²) in [7, 11) is 0. The van der Waals surface area contributed by atoms with Gasteiger partial charge in [-0.1, -0.05) is 0 Å². The van der Waals surface area contributed by atoms with E-state index in [1.165, 1.54) is 0 Å². The molecule has 0 saturated carbocycles. The number of hydrogen-bond acceptors (Lipinski definition) is 2. The van der Waals surface area contributed by atoms with Crippen LogP contribution in [0, 0.1) is 0 Å². The molecule has 1 aromatic rings. The van der Waals surface area contributed by atoms with Gasteiger partial charge in [0.05, 0.1) is 6.10 Å². The minimum atomic E-state index is 0. The van der Waals surface area contributed by atoms with Crippen molar-refractivity contribution in [1.82, 2.24) is 0 Å². The number of nitrogens with zero attached hydrogens (tertiary/aromatic N) is 1. The lowest BCUT2D eigenvalue weighted by molar-refractivity contribution is -0.750. The van der Waals surface area contributed by atoms with Gasteiger partial charge >= 0.3 is 0 Å². The van der Waals surface area contributed by atoms with Gasteiger partial charge in [-0.25, -0.2) is 0 Å². The Labute approximate surface area is 97.4 Å². The first kappa shape index (κ1) is 13.8. The third kappa shape index (κ3) is 3.88. The van der Waals surface area contributed by atoms with Gasteiger partial charge in [0.2, 0.25) is 16.8 Å². The molecule has 1 aromatic heterocycles. The van der Waals surface area contributed by atoms with Crippen LogP contribution in [0.25, 0.3) is 0 Å². The molecule has 0 aliphatic heterocycles. The van der Waals surface area contributed by atoms with Crippen molar-refractivity contribution in [3.63, 3.8) is 0 Å². The molecule has 0 spiro atoms. The van der Waals surface area contributed by atoms with E-state index in [1.54, 1.807) is 11.3 Å². The number of rotatable bonds is 2. The zero-order chi connectivity index (χ0) is 10.1. The maximum absolute atomic E-state index is 5.59. The summed E-state index contributed by atoms with van der Waals surface area (Å²) in [6.07, 6.45) is 2.32. The van der Waals surface area contributed by atoms with E-state index in [0.717, 1.165) is 5.06 Å². The zero-order valence-corrected chi connectivity index (χ0v) is 11.3. The van der Waals surface area contributed by atoms with Crippen molar-refractivity contribution in [3.8, 4) is 5.06 Å². The molecule has 0 unspecified atom stereocenters. The van der Waals surface area contributed by atoms with Crippen molar-refractivity contribution in [1.29, 1.82) is 0 Å². The Bertz CT molecular complexity index is 276. The van der Waals surface area contributed by atoms with E-state index in [0.29, 0.717) is 0 Å². The zero-order valence-electron chi connectivity index (χ0n) is 9.50. The summed E-state index contributed by atoms with van der Waals surface area (Å²) in [5, 5.41) is 0.991. The number of hydrogen-bond donors (Lipinski definition) is 0. The average Bonchev–Trinajstić information content (AvgIpc) is 2.32. The van der Waals surface area contributed by atoms with Gasteiger partial charge in [-0.15, -0.1) is 0 Å². The van der Waals surface area contributed by atoms with E-state index in [1.807, 2.05) is 13.8 Å². The Morgan fingerprint density at radius 1 is 1.36 bits per heavy atom. The first-order valence-electron chi connectivity index (χ1n) is 4.56. The molecule has 0 aliphatic carbocycles. The Hall–Kier alpha value is -0.220. The van der Waals surface area contributed by atoms with Crippen LogP contribution in [0.4, 0.5) is 0 Å². The minimum absolute atomic E-state index is 0. The van der Waals surface area contributed by atoms with Crippen LogP contribution in [0.5, 0.6) is 5.06 Å². The second-order valence-corrected chi connectivity index (χ2v) is 5.26. The second kappa shape index (κ2) is 5.03. The van der Waals surface area contributed by atoms with Crippen LogP contribution in [0.3, 0.4) is 0 Å². The molecule has 0 saturated heterocycles. The highest BCUT2D eigenvalue weighted by Crippen LogP contribution is 2.19. The van der Waals surface area contributed by atoms with Crippen molar-refractivity contribution < 1.29 is 9.30 Å². The van der Waals surface area contributed by atoms with Crippen LogP contribution >= 0.6 is 24.8 Å². The van der Waals surface area contributed by atoms with Gasteiger partial charge in [0, 0.05) is 20.8 Å². The summed E-state index contributed by atoms with van der Waals surface area (Å²) in [6.45, 7) is 10.6. The first-order chi connectivity index (χ1) is 5.89. The SMILES string of the molecule is CC(C)Oc1c[n+](C(C)(C)C)cs1.S. The van der Waals surface area contributed by atoms with Gasteiger partial charge in [0.15, 0.2) is 5.54 Å². The van der Waals surface area contributed by atoms with Crippen molar-refractivity contribution in [2.24, 2.45) is 0 Å². The smallest absolute Gasteiger partial charge is 0.245 e. The molecule has 0 aliphatic rings. The fourth-order valence-corrected chi connectivity index (χ4v) is 1.94. The fraction of sp³-hybridized carbons (Fsp3) is 0.700. The van der Waals surface area contributed by atoms with Gasteiger partial charge in [-0.3, -0.25) is 0 Å². The summed E-state index contributed by atoms with van der Waals surface area (Å²) >= 11 is 1.65. The van der Waals surface area contributed by atoms with Crippen LogP contribution < -0.4 is 9.30 Å². The Morgan fingerprint density at radius 3 is 2.29 bits per heavy atom. The van der Waals surface area contributed by atoms with E-state index >= 15 is 0 Å². The molecule has 1 rings (SSSR count). The van der Waals surface area contributed by atoms with Crippen LogP contribution in [0.1, 0.15) is 34.6 Å². The molecule has 0 atom stereocenters. The minimum Gasteiger partial charge on any atom is -0.477 e. The normalized spacial score (nSPS) is 11.3. The van der Waals surface area contributed by atoms with Crippen molar-refractivity contribution >= 4 is 24.8 Å². The maximum Gasteiger partial charge on any atom is 0.245 e. The van der Waals surface area contributed by atoms with E-state index in [2.05, 4.69) is 37.0 Å². The molecule has 0 N–H and O–H groups in total. The van der Waals surface area contributed by atoms with Crippen LogP contribution in [-0.2, 0) is 5.54 Å². The number of ether oxygens (including phenoxy) is 1. The third-order valence-electron chi connectivity index (χ3n) is 1.65. The lowest BCUT2D eigenvalue weighted by Gasteiger charge is -2.09. The molecule has 14 heavy (non-hydrogen) atoms. The summed E-state index contributed by atoms with van der Waals surface area (Å²) in [5.41, 5.74) is 2.24. The molecular weight excluding hydrogens is 214 g/mol. The van der Waals surface area contributed by atoms with Crippen LogP contribution in [0.15, 0.2) is 11.7 Å². The molecule has 82 valence electrons. The lowest BCUT2D eigenvalue weighted by Crippen LogP contribution is -2.47. The van der Waals surface area contributed by atoms with E-state index in [-0.39, 0.29) is 25.1 Å². The standard InChI is InChI=1S/C10H18NOS.H2S/c1-8(2)12-9-6-11(7-13-9)10(3,4)5;/h6-8H,1-5H3;1H2/q+1;. The van der Waals surface area contributed by atoms with Crippen molar-refractivity contribution in [2.45, 2.75) is 46.3 Å². The molecule has 0 aromatic carbocycles. The molecular formula is C10H20NOS2+. The molecule has 1 heterocycles. The molecule has 2 nitrogen and oxygen atoms in total. The largest absolute Gasteiger partial charge is 0.477 e. The van der Waals surface area contributed by atoms with Gasteiger partial charge in [0.25, 0.3) is 0 Å². The quantitative estimate of drug-likeness (QED) is 0.717. The highest BCUT2D eigenvalue weighted by atomic mass is 32.1. The van der Waals surface area contributed by atoms with Crippen LogP contribution in [0.2, 0.25) is 0 Å². The van der Waals surface area contributed by atoms with E-state index in [9.17, 15) is 0 Å². The third-order valence-corrected chi connectivity index (χ3v) is 2.42. The summed E-state index contributed by atoms with van der Waals surface area (Å²) < 4.78 is 7.76. The van der Waals surface area contributed by atoms with E-state index in [4.69, 9.17) is 4.74 Å². The van der Waals surface area contributed by atoms with Crippen LogP contribution in [-0.4, -0.2) is 6.10 Å². The lowest BCUT2D eigenvalue weighted by atomic mass is 10.1. The second-order valence-electron chi connectivity index (χ2n) is 4.42. The van der Waals surface area contributed by atoms with Crippen molar-refractivity contribution in [2.75, 3.05) is 0 Å². The Balaban J connectivity index is 0.00000169. The molecule has 0 amide bonds. The van der Waals surface area contributed by atoms with Gasteiger partial charge in [-0.05, 0) is 25.2 Å². The highest BCUT2D eigenvalue weighted by molar-refractivity contribution is 7.59. The molecule has 0 fully saturated rings. The van der Waals surface area contributed by atoms with Crippen molar-refractivity contribution in [3.05, 3.63) is 11.7 Å². The van der Waals surface area contributed by atoms with E-state index < -0.39 is 0 Å². The summed E-state index contributed by atoms with van der Waals surface area (Å²) in [6, 6.07) is 0. The molecule has 0 bridgehead atoms. The highest BCUT2D eigenvalue weighted by Gasteiger charge is 2.23. The summed E-state index contributed by atoms with van der Waals surface area (Å²) in [4.78, 5) is 0. The predicted octanol–water partition coefficient (Wildman–Crippen LogP) is 2.69. The van der Waals surface area contributed by atoms with Gasteiger partial charge in [-0.2, -0.15) is 18.1 Å². The number of aromatic nitrogens is 1. The monoisotopic (exact) mass is 234 g/mol. The Morgan fingerprint density at radius 2 is 1.93 bits per heavy atom. The molecule has 4 heteroatoms. The van der Waals surface area contributed by atoms with Gasteiger partial charge in [0.1, 0.15) is 0 Å². The Kier molecular flexibility index (Phi) is 4.95. The van der Waals surface area contributed by atoms with Gasteiger partial charge < -0.3 is 4.74 Å². The fourth-order valence-electron chi connectivity index (χ4n) is 0.925. The topological polar surface area (TPSA) is 13.1 Å². The average molecular weight is 234 g/mol. The predicted molar refractivity (Wildman–Crippen MR) is 65.7 cm³/mol. The molecule has 0 radical (unpaired) electrons.